The number of rotatable bonds is 2. The molecule has 106 valence electrons. The number of nitrogens with zero attached hydrogens (tertiary/aromatic N) is 1. The van der Waals surface area contributed by atoms with Gasteiger partial charge >= 0.3 is 0 Å². The summed E-state index contributed by atoms with van der Waals surface area (Å²) in [6.45, 7) is 0. The van der Waals surface area contributed by atoms with Crippen molar-refractivity contribution in [1.29, 1.82) is 5.26 Å². The molecule has 0 spiro atoms. The normalized spacial score (nSPS) is 18.4. The average Bonchev–Trinajstić information content (AvgIpc) is 2.42. The monoisotopic (exact) mass is 290 g/mol. The van der Waals surface area contributed by atoms with Crippen LogP contribution in [0.4, 0.5) is 0 Å². The summed E-state index contributed by atoms with van der Waals surface area (Å²) in [5, 5.41) is 12.9. The van der Waals surface area contributed by atoms with Gasteiger partial charge in [0.25, 0.3) is 5.91 Å². The maximum absolute atomic E-state index is 12.3. The van der Waals surface area contributed by atoms with Gasteiger partial charge in [-0.15, -0.1) is 0 Å². The smallest absolute Gasteiger partial charge is 0.254 e. The van der Waals surface area contributed by atoms with Crippen molar-refractivity contribution in [2.45, 2.75) is 50.5 Å². The number of nitrogens with one attached hydrogen (secondary N) is 1. The van der Waals surface area contributed by atoms with Gasteiger partial charge in [-0.3, -0.25) is 4.79 Å². The van der Waals surface area contributed by atoms with Gasteiger partial charge in [0, 0.05) is 0 Å². The number of nitriles is 1. The molecule has 0 aromatic heterocycles. The molecule has 1 fully saturated rings. The summed E-state index contributed by atoms with van der Waals surface area (Å²) in [7, 11) is 0. The lowest BCUT2D eigenvalue weighted by atomic mass is 9.85. The summed E-state index contributed by atoms with van der Waals surface area (Å²) in [4.78, 5) is 12.3. The van der Waals surface area contributed by atoms with Crippen molar-refractivity contribution in [3.63, 3.8) is 0 Å². The van der Waals surface area contributed by atoms with Crippen molar-refractivity contribution in [1.82, 2.24) is 5.32 Å². The fourth-order valence-corrected chi connectivity index (χ4v) is 2.93. The molecule has 0 saturated heterocycles. The van der Waals surface area contributed by atoms with Crippen molar-refractivity contribution < 1.29 is 4.79 Å². The minimum atomic E-state index is -0.739. The Balaban J connectivity index is 2.14. The summed E-state index contributed by atoms with van der Waals surface area (Å²) in [5.41, 5.74) is -0.303. The Labute approximate surface area is 124 Å². The largest absolute Gasteiger partial charge is 0.334 e. The van der Waals surface area contributed by atoms with E-state index in [2.05, 4.69) is 11.4 Å². The molecule has 2 rings (SSSR count). The standard InChI is InChI=1S/C16H19ClN2O/c17-14-9-5-4-8-13(14)15(20)19-16(12-18)10-6-2-1-3-7-11-16/h4-5,8-9H,1-3,6-7,10-11H2,(H,19,20). The van der Waals surface area contributed by atoms with Crippen LogP contribution < -0.4 is 5.32 Å². The molecule has 4 heteroatoms. The van der Waals surface area contributed by atoms with Crippen molar-refractivity contribution in [3.05, 3.63) is 34.9 Å². The van der Waals surface area contributed by atoms with E-state index < -0.39 is 5.54 Å². The van der Waals surface area contributed by atoms with E-state index in [4.69, 9.17) is 11.6 Å². The average molecular weight is 291 g/mol. The van der Waals surface area contributed by atoms with Gasteiger partial charge in [-0.1, -0.05) is 55.8 Å². The zero-order valence-electron chi connectivity index (χ0n) is 11.5. The molecule has 1 aromatic rings. The van der Waals surface area contributed by atoms with Crippen LogP contribution in [0.3, 0.4) is 0 Å². The van der Waals surface area contributed by atoms with Gasteiger partial charge < -0.3 is 5.32 Å². The van der Waals surface area contributed by atoms with Crippen LogP contribution in [0.2, 0.25) is 5.02 Å². The van der Waals surface area contributed by atoms with Gasteiger partial charge in [0.1, 0.15) is 5.54 Å². The first-order chi connectivity index (χ1) is 9.67. The van der Waals surface area contributed by atoms with Gasteiger partial charge in [0.2, 0.25) is 0 Å². The summed E-state index contributed by atoms with van der Waals surface area (Å²) >= 11 is 6.04. The highest BCUT2D eigenvalue weighted by molar-refractivity contribution is 6.33. The molecule has 1 N–H and O–H groups in total. The Morgan fingerprint density at radius 1 is 1.15 bits per heavy atom. The third-order valence-corrected chi connectivity index (χ3v) is 4.22. The molecule has 1 aliphatic carbocycles. The second kappa shape index (κ2) is 6.76. The Kier molecular flexibility index (Phi) is 5.03. The molecule has 0 aliphatic heterocycles. The molecule has 0 unspecified atom stereocenters. The fraction of sp³-hybridized carbons (Fsp3) is 0.500. The summed E-state index contributed by atoms with van der Waals surface area (Å²) in [5.74, 6) is -0.252. The highest BCUT2D eigenvalue weighted by Gasteiger charge is 2.32. The number of carbonyl (C=O) groups is 1. The predicted molar refractivity (Wildman–Crippen MR) is 79.6 cm³/mol. The zero-order valence-corrected chi connectivity index (χ0v) is 12.2. The van der Waals surface area contributed by atoms with E-state index in [-0.39, 0.29) is 5.91 Å². The first-order valence-electron chi connectivity index (χ1n) is 7.15. The summed E-state index contributed by atoms with van der Waals surface area (Å²) in [6, 6.07) is 9.27. The maximum atomic E-state index is 12.3. The fourth-order valence-electron chi connectivity index (χ4n) is 2.70. The number of hydrogen-bond donors (Lipinski definition) is 1. The lowest BCUT2D eigenvalue weighted by Gasteiger charge is -2.29. The van der Waals surface area contributed by atoms with Gasteiger partial charge in [-0.2, -0.15) is 5.26 Å². The van der Waals surface area contributed by atoms with Crippen LogP contribution >= 0.6 is 11.6 Å². The van der Waals surface area contributed by atoms with Crippen LogP contribution in [0.25, 0.3) is 0 Å². The molecule has 0 heterocycles. The molecule has 20 heavy (non-hydrogen) atoms. The van der Waals surface area contributed by atoms with Crippen molar-refractivity contribution >= 4 is 17.5 Å². The number of halogens is 1. The van der Waals surface area contributed by atoms with Crippen molar-refractivity contribution in [2.75, 3.05) is 0 Å². The van der Waals surface area contributed by atoms with E-state index in [0.717, 1.165) is 38.5 Å². The van der Waals surface area contributed by atoms with Gasteiger partial charge in [-0.25, -0.2) is 0 Å². The molecule has 0 atom stereocenters. The van der Waals surface area contributed by atoms with E-state index in [1.807, 2.05) is 0 Å². The number of amides is 1. The summed E-state index contributed by atoms with van der Waals surface area (Å²) in [6.07, 6.45) is 6.89. The topological polar surface area (TPSA) is 52.9 Å². The lowest BCUT2D eigenvalue weighted by Crippen LogP contribution is -2.47. The Bertz CT molecular complexity index is 513. The molecular weight excluding hydrogens is 272 g/mol. The van der Waals surface area contributed by atoms with E-state index in [9.17, 15) is 10.1 Å². The van der Waals surface area contributed by atoms with Crippen LogP contribution in [0, 0.1) is 11.3 Å². The third-order valence-electron chi connectivity index (χ3n) is 3.89. The van der Waals surface area contributed by atoms with Crippen LogP contribution in [0.15, 0.2) is 24.3 Å². The zero-order chi connectivity index (χ0) is 14.4. The third kappa shape index (κ3) is 3.52. The van der Waals surface area contributed by atoms with Gasteiger partial charge in [0.05, 0.1) is 16.7 Å². The van der Waals surface area contributed by atoms with E-state index >= 15 is 0 Å². The second-order valence-corrected chi connectivity index (χ2v) is 5.80. The molecular formula is C16H19ClN2O. The van der Waals surface area contributed by atoms with Crippen LogP contribution in [0.1, 0.15) is 55.3 Å². The quantitative estimate of drug-likeness (QED) is 0.892. The van der Waals surface area contributed by atoms with Crippen LogP contribution in [-0.4, -0.2) is 11.4 Å². The van der Waals surface area contributed by atoms with Crippen molar-refractivity contribution in [2.24, 2.45) is 0 Å². The first-order valence-corrected chi connectivity index (χ1v) is 7.53. The molecule has 1 amide bonds. The van der Waals surface area contributed by atoms with E-state index in [0.29, 0.717) is 10.6 Å². The Hall–Kier alpha value is -1.53. The van der Waals surface area contributed by atoms with E-state index in [1.54, 1.807) is 24.3 Å². The Morgan fingerprint density at radius 2 is 1.75 bits per heavy atom. The SMILES string of the molecule is N#CC1(NC(=O)c2ccccc2Cl)CCCCCCC1. The van der Waals surface area contributed by atoms with E-state index in [1.165, 1.54) is 6.42 Å². The molecule has 1 aliphatic rings. The highest BCUT2D eigenvalue weighted by atomic mass is 35.5. The minimum absolute atomic E-state index is 0.252. The number of benzene rings is 1. The summed E-state index contributed by atoms with van der Waals surface area (Å²) < 4.78 is 0. The first kappa shape index (κ1) is 14.9. The van der Waals surface area contributed by atoms with Crippen molar-refractivity contribution in [3.8, 4) is 6.07 Å². The molecule has 0 bridgehead atoms. The van der Waals surface area contributed by atoms with Gasteiger partial charge in [-0.05, 0) is 25.0 Å². The van der Waals surface area contributed by atoms with Crippen LogP contribution in [-0.2, 0) is 0 Å². The molecule has 3 nitrogen and oxygen atoms in total. The predicted octanol–water partition coefficient (Wildman–Crippen LogP) is 4.08. The number of hydrogen-bond acceptors (Lipinski definition) is 2. The molecule has 0 radical (unpaired) electrons. The minimum Gasteiger partial charge on any atom is -0.334 e. The molecule has 1 saturated carbocycles. The maximum Gasteiger partial charge on any atom is 0.254 e. The van der Waals surface area contributed by atoms with Crippen LogP contribution in [0.5, 0.6) is 0 Å². The molecule has 1 aromatic carbocycles. The lowest BCUT2D eigenvalue weighted by molar-refractivity contribution is 0.0908. The number of carbonyl (C=O) groups excluding carboxylic acids is 1. The second-order valence-electron chi connectivity index (χ2n) is 5.40. The Morgan fingerprint density at radius 3 is 2.35 bits per heavy atom. The van der Waals surface area contributed by atoms with Gasteiger partial charge in [0.15, 0.2) is 0 Å². The highest BCUT2D eigenvalue weighted by Crippen LogP contribution is 2.27.